The van der Waals surface area contributed by atoms with E-state index in [2.05, 4.69) is 5.10 Å². The van der Waals surface area contributed by atoms with Crippen LogP contribution in [-0.4, -0.2) is 15.8 Å². The monoisotopic (exact) mass is 303 g/mol. The fourth-order valence-corrected chi connectivity index (χ4v) is 2.22. The van der Waals surface area contributed by atoms with E-state index in [4.69, 9.17) is 17.3 Å². The van der Waals surface area contributed by atoms with Gasteiger partial charge in [-0.3, -0.25) is 4.68 Å². The second-order valence-corrected chi connectivity index (χ2v) is 5.00. The topological polar surface area (TPSA) is 43.8 Å². The number of hydrogen-bond acceptors (Lipinski definition) is 2. The first-order chi connectivity index (χ1) is 9.29. The summed E-state index contributed by atoms with van der Waals surface area (Å²) >= 11 is 5.91. The molecule has 2 aromatic rings. The summed E-state index contributed by atoms with van der Waals surface area (Å²) in [6, 6.07) is 5.91. The zero-order valence-corrected chi connectivity index (χ0v) is 11.4. The second kappa shape index (κ2) is 5.46. The van der Waals surface area contributed by atoms with Gasteiger partial charge in [-0.2, -0.15) is 18.3 Å². The summed E-state index contributed by atoms with van der Waals surface area (Å²) in [6.07, 6.45) is -2.68. The van der Waals surface area contributed by atoms with Crippen molar-refractivity contribution in [2.75, 3.05) is 0 Å². The van der Waals surface area contributed by atoms with Gasteiger partial charge in [0.25, 0.3) is 0 Å². The van der Waals surface area contributed by atoms with Gasteiger partial charge in [-0.05, 0) is 24.6 Å². The minimum absolute atomic E-state index is 0.422. The highest BCUT2D eigenvalue weighted by Crippen LogP contribution is 2.31. The van der Waals surface area contributed by atoms with Gasteiger partial charge in [-0.15, -0.1) is 0 Å². The van der Waals surface area contributed by atoms with E-state index in [0.717, 1.165) is 12.4 Å². The maximum Gasteiger partial charge on any atom is 0.419 e. The van der Waals surface area contributed by atoms with Crippen LogP contribution in [0.2, 0.25) is 5.02 Å². The molecule has 1 aromatic heterocycles. The number of nitrogens with zero attached hydrogens (tertiary/aromatic N) is 2. The Morgan fingerprint density at radius 1 is 1.35 bits per heavy atom. The molecule has 0 fully saturated rings. The number of nitrogens with two attached hydrogens (primary N) is 1. The molecule has 0 spiro atoms. The third-order valence-electron chi connectivity index (χ3n) is 2.90. The summed E-state index contributed by atoms with van der Waals surface area (Å²) in [5.41, 5.74) is 5.80. The van der Waals surface area contributed by atoms with Crippen molar-refractivity contribution in [1.29, 1.82) is 0 Å². The number of rotatable bonds is 3. The van der Waals surface area contributed by atoms with E-state index in [1.807, 2.05) is 0 Å². The number of aromatic nitrogens is 2. The van der Waals surface area contributed by atoms with E-state index in [9.17, 15) is 13.2 Å². The first-order valence-electron chi connectivity index (χ1n) is 5.91. The Balaban J connectivity index is 2.42. The Kier molecular flexibility index (Phi) is 4.06. The number of hydrogen-bond donors (Lipinski definition) is 1. The minimum Gasteiger partial charge on any atom is -0.326 e. The third-order valence-corrected chi connectivity index (χ3v) is 3.14. The van der Waals surface area contributed by atoms with Crippen molar-refractivity contribution in [3.05, 3.63) is 52.8 Å². The number of benzene rings is 1. The van der Waals surface area contributed by atoms with Crippen molar-refractivity contribution in [1.82, 2.24) is 9.78 Å². The molecule has 0 bridgehead atoms. The summed E-state index contributed by atoms with van der Waals surface area (Å²) in [5.74, 6) is 0. The molecule has 2 atom stereocenters. The van der Waals surface area contributed by atoms with Crippen molar-refractivity contribution >= 4 is 11.6 Å². The van der Waals surface area contributed by atoms with Gasteiger partial charge in [0, 0.05) is 17.3 Å². The van der Waals surface area contributed by atoms with Crippen LogP contribution in [-0.2, 0) is 6.18 Å². The van der Waals surface area contributed by atoms with Gasteiger partial charge in [0.1, 0.15) is 0 Å². The van der Waals surface area contributed by atoms with E-state index in [0.29, 0.717) is 10.6 Å². The molecule has 1 heterocycles. The molecule has 20 heavy (non-hydrogen) atoms. The summed E-state index contributed by atoms with van der Waals surface area (Å²) < 4.78 is 39.1. The van der Waals surface area contributed by atoms with Crippen LogP contribution in [0.25, 0.3) is 0 Å². The molecule has 0 aliphatic rings. The molecule has 0 radical (unpaired) electrons. The van der Waals surface area contributed by atoms with Crippen LogP contribution < -0.4 is 5.73 Å². The maximum absolute atomic E-state index is 12.6. The van der Waals surface area contributed by atoms with Crippen LogP contribution in [0.3, 0.4) is 0 Å². The highest BCUT2D eigenvalue weighted by molar-refractivity contribution is 6.30. The van der Waals surface area contributed by atoms with E-state index in [1.54, 1.807) is 31.2 Å². The van der Waals surface area contributed by atoms with Crippen molar-refractivity contribution in [3.63, 3.8) is 0 Å². The van der Waals surface area contributed by atoms with Crippen molar-refractivity contribution in [2.24, 2.45) is 5.73 Å². The van der Waals surface area contributed by atoms with Crippen molar-refractivity contribution in [3.8, 4) is 0 Å². The largest absolute Gasteiger partial charge is 0.419 e. The van der Waals surface area contributed by atoms with E-state index in [1.165, 1.54) is 4.68 Å². The molecule has 0 aliphatic carbocycles. The molecule has 2 N–H and O–H groups in total. The Morgan fingerprint density at radius 3 is 2.55 bits per heavy atom. The lowest BCUT2D eigenvalue weighted by Crippen LogP contribution is -2.30. The summed E-state index contributed by atoms with van der Waals surface area (Å²) in [4.78, 5) is 0. The van der Waals surface area contributed by atoms with Gasteiger partial charge in [-0.1, -0.05) is 23.7 Å². The van der Waals surface area contributed by atoms with Gasteiger partial charge in [0.2, 0.25) is 0 Å². The van der Waals surface area contributed by atoms with Crippen LogP contribution in [0.1, 0.15) is 24.1 Å². The van der Waals surface area contributed by atoms with E-state index < -0.39 is 23.8 Å². The highest BCUT2D eigenvalue weighted by atomic mass is 35.5. The van der Waals surface area contributed by atoms with Crippen molar-refractivity contribution in [2.45, 2.75) is 25.2 Å². The molecule has 2 rings (SSSR count). The SMILES string of the molecule is CC(N)C(c1cccc(Cl)c1)n1cc(C(F)(F)F)cn1. The fourth-order valence-electron chi connectivity index (χ4n) is 2.02. The Morgan fingerprint density at radius 2 is 2.05 bits per heavy atom. The molecule has 0 aliphatic heterocycles. The molecule has 2 unspecified atom stereocenters. The predicted molar refractivity (Wildman–Crippen MR) is 70.5 cm³/mol. The highest BCUT2D eigenvalue weighted by Gasteiger charge is 2.33. The van der Waals surface area contributed by atoms with Gasteiger partial charge in [0.05, 0.1) is 17.8 Å². The van der Waals surface area contributed by atoms with E-state index >= 15 is 0 Å². The van der Waals surface area contributed by atoms with E-state index in [-0.39, 0.29) is 0 Å². The molecular weight excluding hydrogens is 291 g/mol. The van der Waals surface area contributed by atoms with Crippen LogP contribution in [0.4, 0.5) is 13.2 Å². The Labute approximate surface area is 119 Å². The quantitative estimate of drug-likeness (QED) is 0.943. The summed E-state index contributed by atoms with van der Waals surface area (Å²) in [5, 5.41) is 4.28. The maximum atomic E-state index is 12.6. The van der Waals surface area contributed by atoms with Crippen LogP contribution in [0.15, 0.2) is 36.7 Å². The third kappa shape index (κ3) is 3.13. The molecular formula is C13H13ClF3N3. The molecule has 1 aromatic carbocycles. The average molecular weight is 304 g/mol. The van der Waals surface area contributed by atoms with Crippen molar-refractivity contribution < 1.29 is 13.2 Å². The van der Waals surface area contributed by atoms with Gasteiger partial charge in [0.15, 0.2) is 0 Å². The van der Waals surface area contributed by atoms with Crippen LogP contribution >= 0.6 is 11.6 Å². The van der Waals surface area contributed by atoms with Gasteiger partial charge in [-0.25, -0.2) is 0 Å². The normalized spacial score (nSPS) is 15.1. The zero-order chi connectivity index (χ0) is 14.9. The molecule has 7 heteroatoms. The van der Waals surface area contributed by atoms with Crippen LogP contribution in [0, 0.1) is 0 Å². The Hall–Kier alpha value is -1.53. The lowest BCUT2D eigenvalue weighted by atomic mass is 10.0. The van der Waals surface area contributed by atoms with Gasteiger partial charge < -0.3 is 5.73 Å². The average Bonchev–Trinajstić information content (AvgIpc) is 2.77. The molecule has 0 saturated carbocycles. The second-order valence-electron chi connectivity index (χ2n) is 4.57. The fraction of sp³-hybridized carbons (Fsp3) is 0.308. The first-order valence-corrected chi connectivity index (χ1v) is 6.29. The van der Waals surface area contributed by atoms with Gasteiger partial charge >= 0.3 is 6.18 Å². The minimum atomic E-state index is -4.42. The first kappa shape index (κ1) is 14.9. The molecule has 0 amide bonds. The molecule has 0 saturated heterocycles. The summed E-state index contributed by atoms with van der Waals surface area (Å²) in [6.45, 7) is 1.71. The smallest absolute Gasteiger partial charge is 0.326 e. The Bertz CT molecular complexity index is 593. The standard InChI is InChI=1S/C13H13ClF3N3/c1-8(18)12(9-3-2-4-11(14)5-9)20-7-10(6-19-20)13(15,16)17/h2-8,12H,18H2,1H3. The predicted octanol–water partition coefficient (Wildman–Crippen LogP) is 3.49. The summed E-state index contributed by atoms with van der Waals surface area (Å²) in [7, 11) is 0. The lowest BCUT2D eigenvalue weighted by Gasteiger charge is -2.22. The van der Waals surface area contributed by atoms with Crippen LogP contribution in [0.5, 0.6) is 0 Å². The molecule has 108 valence electrons. The number of halogens is 4. The zero-order valence-electron chi connectivity index (χ0n) is 10.6. The molecule has 3 nitrogen and oxygen atoms in total. The lowest BCUT2D eigenvalue weighted by molar-refractivity contribution is -0.137. The number of alkyl halides is 3.